The van der Waals surface area contributed by atoms with Gasteiger partial charge >= 0.3 is 0 Å². The van der Waals surface area contributed by atoms with Gasteiger partial charge in [-0.3, -0.25) is 14.9 Å². The Morgan fingerprint density at radius 2 is 1.64 bits per heavy atom. The third-order valence-corrected chi connectivity index (χ3v) is 3.72. The van der Waals surface area contributed by atoms with E-state index in [1.807, 2.05) is 0 Å². The summed E-state index contributed by atoms with van der Waals surface area (Å²) in [6.07, 6.45) is 0.495. The molecule has 2 aromatic carbocycles. The Hall–Kier alpha value is -3.29. The predicted octanol–water partition coefficient (Wildman–Crippen LogP) is 2.46. The van der Waals surface area contributed by atoms with Gasteiger partial charge in [-0.1, -0.05) is 12.1 Å². The number of nitrogens with one attached hydrogen (secondary N) is 1. The second-order valence-corrected chi connectivity index (χ2v) is 5.01. The van der Waals surface area contributed by atoms with Crippen molar-refractivity contribution in [3.8, 4) is 17.2 Å². The van der Waals surface area contributed by atoms with Crippen LogP contribution in [-0.4, -0.2) is 32.7 Å². The molecule has 8 heteroatoms. The molecule has 1 N–H and O–H groups in total. The number of nitro benzene ring substituents is 1. The SMILES string of the molecule is COc1ccc(C(NC=O)c2cc(OC)c(OC)cc2[N+](=O)[O-])cc1. The van der Waals surface area contributed by atoms with Crippen molar-refractivity contribution in [1.29, 1.82) is 0 Å². The molecule has 132 valence electrons. The Morgan fingerprint density at radius 1 is 1.04 bits per heavy atom. The van der Waals surface area contributed by atoms with Crippen LogP contribution in [0.1, 0.15) is 17.2 Å². The third-order valence-electron chi connectivity index (χ3n) is 3.72. The number of nitro groups is 1. The molecule has 2 rings (SSSR count). The fourth-order valence-corrected chi connectivity index (χ4v) is 2.50. The molecule has 1 atom stereocenters. The van der Waals surface area contributed by atoms with E-state index in [4.69, 9.17) is 14.2 Å². The lowest BCUT2D eigenvalue weighted by Crippen LogP contribution is -2.22. The molecule has 0 aliphatic rings. The molecule has 1 amide bonds. The zero-order chi connectivity index (χ0) is 18.4. The van der Waals surface area contributed by atoms with Gasteiger partial charge < -0.3 is 19.5 Å². The van der Waals surface area contributed by atoms with E-state index in [-0.39, 0.29) is 17.0 Å². The van der Waals surface area contributed by atoms with Crippen LogP contribution in [0.25, 0.3) is 0 Å². The topological polar surface area (TPSA) is 99.9 Å². The highest BCUT2D eigenvalue weighted by Crippen LogP contribution is 2.39. The van der Waals surface area contributed by atoms with Crippen LogP contribution in [-0.2, 0) is 4.79 Å². The van der Waals surface area contributed by atoms with Gasteiger partial charge in [0.15, 0.2) is 11.5 Å². The summed E-state index contributed by atoms with van der Waals surface area (Å²) in [5.74, 6) is 1.20. The van der Waals surface area contributed by atoms with Gasteiger partial charge in [-0.15, -0.1) is 0 Å². The first kappa shape index (κ1) is 18.1. The van der Waals surface area contributed by atoms with Crippen LogP contribution in [0.15, 0.2) is 36.4 Å². The highest BCUT2D eigenvalue weighted by atomic mass is 16.6. The minimum absolute atomic E-state index is 0.187. The van der Waals surface area contributed by atoms with E-state index in [1.165, 1.54) is 33.5 Å². The number of carbonyl (C=O) groups excluding carboxylic acids is 1. The number of hydrogen-bond acceptors (Lipinski definition) is 6. The summed E-state index contributed by atoms with van der Waals surface area (Å²) in [7, 11) is 4.37. The van der Waals surface area contributed by atoms with Crippen LogP contribution in [0.5, 0.6) is 17.2 Å². The Morgan fingerprint density at radius 3 is 2.12 bits per heavy atom. The molecule has 25 heavy (non-hydrogen) atoms. The van der Waals surface area contributed by atoms with Crippen LogP contribution in [0.3, 0.4) is 0 Å². The molecule has 0 heterocycles. The van der Waals surface area contributed by atoms with E-state index in [0.29, 0.717) is 23.5 Å². The minimum Gasteiger partial charge on any atom is -0.497 e. The molecule has 0 aromatic heterocycles. The van der Waals surface area contributed by atoms with E-state index in [0.717, 1.165) is 0 Å². The largest absolute Gasteiger partial charge is 0.497 e. The van der Waals surface area contributed by atoms with E-state index in [1.54, 1.807) is 24.3 Å². The number of hydrogen-bond donors (Lipinski definition) is 1. The van der Waals surface area contributed by atoms with Crippen LogP contribution in [0, 0.1) is 10.1 Å². The first-order valence-electron chi connectivity index (χ1n) is 7.29. The van der Waals surface area contributed by atoms with Crippen molar-refractivity contribution in [2.45, 2.75) is 6.04 Å². The second kappa shape index (κ2) is 8.00. The third kappa shape index (κ3) is 3.79. The van der Waals surface area contributed by atoms with E-state index in [9.17, 15) is 14.9 Å². The molecule has 0 saturated heterocycles. The summed E-state index contributed by atoms with van der Waals surface area (Å²) in [4.78, 5) is 22.1. The standard InChI is InChI=1S/C17H18N2O6/c1-23-12-6-4-11(5-7-12)17(18-10-20)13-8-15(24-2)16(25-3)9-14(13)19(21)22/h4-10,17H,1-3H3,(H,18,20). The van der Waals surface area contributed by atoms with Crippen LogP contribution >= 0.6 is 0 Å². The van der Waals surface area contributed by atoms with Crippen LogP contribution in [0.4, 0.5) is 5.69 Å². The number of amides is 1. The Balaban J connectivity index is 2.62. The maximum Gasteiger partial charge on any atom is 0.279 e. The van der Waals surface area contributed by atoms with Gasteiger partial charge in [-0.05, 0) is 23.8 Å². The number of carbonyl (C=O) groups is 1. The summed E-state index contributed by atoms with van der Waals surface area (Å²) in [5, 5.41) is 14.1. The van der Waals surface area contributed by atoms with E-state index < -0.39 is 11.0 Å². The molecule has 8 nitrogen and oxygen atoms in total. The van der Waals surface area contributed by atoms with Crippen molar-refractivity contribution in [3.05, 3.63) is 57.6 Å². The monoisotopic (exact) mass is 346 g/mol. The highest BCUT2D eigenvalue weighted by molar-refractivity contribution is 5.60. The van der Waals surface area contributed by atoms with Crippen molar-refractivity contribution < 1.29 is 23.9 Å². The maximum atomic E-state index is 11.5. The molecule has 2 aromatic rings. The van der Waals surface area contributed by atoms with Crippen molar-refractivity contribution in [3.63, 3.8) is 0 Å². The Bertz CT molecular complexity index is 760. The fourth-order valence-electron chi connectivity index (χ4n) is 2.50. The van der Waals surface area contributed by atoms with Gasteiger partial charge in [0.1, 0.15) is 5.75 Å². The lowest BCUT2D eigenvalue weighted by molar-refractivity contribution is -0.385. The van der Waals surface area contributed by atoms with Gasteiger partial charge in [-0.25, -0.2) is 0 Å². The van der Waals surface area contributed by atoms with Crippen molar-refractivity contribution in [2.75, 3.05) is 21.3 Å². The quantitative estimate of drug-likeness (QED) is 0.448. The van der Waals surface area contributed by atoms with Crippen molar-refractivity contribution in [1.82, 2.24) is 5.32 Å². The smallest absolute Gasteiger partial charge is 0.279 e. The van der Waals surface area contributed by atoms with Crippen LogP contribution < -0.4 is 19.5 Å². The zero-order valence-corrected chi connectivity index (χ0v) is 14.0. The summed E-state index contributed by atoms with van der Waals surface area (Å²) < 4.78 is 15.5. The van der Waals surface area contributed by atoms with Gasteiger partial charge in [0, 0.05) is 0 Å². The Kier molecular flexibility index (Phi) is 5.78. The predicted molar refractivity (Wildman–Crippen MR) is 90.2 cm³/mol. The normalized spacial score (nSPS) is 11.3. The van der Waals surface area contributed by atoms with E-state index in [2.05, 4.69) is 5.32 Å². The van der Waals surface area contributed by atoms with Gasteiger partial charge in [0.25, 0.3) is 5.69 Å². The lowest BCUT2D eigenvalue weighted by atomic mass is 9.96. The average molecular weight is 346 g/mol. The maximum absolute atomic E-state index is 11.5. The fraction of sp³-hybridized carbons (Fsp3) is 0.235. The molecular formula is C17H18N2O6. The van der Waals surface area contributed by atoms with Crippen molar-refractivity contribution in [2.24, 2.45) is 0 Å². The zero-order valence-electron chi connectivity index (χ0n) is 14.0. The number of methoxy groups -OCH3 is 3. The van der Waals surface area contributed by atoms with Crippen LogP contribution in [0.2, 0.25) is 0 Å². The molecule has 0 aliphatic carbocycles. The molecular weight excluding hydrogens is 328 g/mol. The summed E-state index contributed by atoms with van der Waals surface area (Å²) in [5.41, 5.74) is 0.746. The molecule has 0 bridgehead atoms. The molecule has 1 unspecified atom stereocenters. The first-order chi connectivity index (χ1) is 12.0. The number of nitrogens with zero attached hydrogens (tertiary/aromatic N) is 1. The van der Waals surface area contributed by atoms with Gasteiger partial charge in [-0.2, -0.15) is 0 Å². The minimum atomic E-state index is -0.733. The van der Waals surface area contributed by atoms with E-state index >= 15 is 0 Å². The molecule has 0 radical (unpaired) electrons. The van der Waals surface area contributed by atoms with Gasteiger partial charge in [0.05, 0.1) is 43.9 Å². The molecule has 0 saturated carbocycles. The second-order valence-electron chi connectivity index (χ2n) is 5.01. The first-order valence-corrected chi connectivity index (χ1v) is 7.29. The van der Waals surface area contributed by atoms with Crippen molar-refractivity contribution >= 4 is 12.1 Å². The average Bonchev–Trinajstić information content (AvgIpc) is 2.65. The number of benzene rings is 2. The highest BCUT2D eigenvalue weighted by Gasteiger charge is 2.26. The molecule has 0 fully saturated rings. The lowest BCUT2D eigenvalue weighted by Gasteiger charge is -2.19. The summed E-state index contributed by atoms with van der Waals surface area (Å²) in [6, 6.07) is 8.90. The number of ether oxygens (including phenoxy) is 3. The Labute approximate surface area is 144 Å². The molecule has 0 spiro atoms. The molecule has 0 aliphatic heterocycles. The number of rotatable bonds is 8. The van der Waals surface area contributed by atoms with Gasteiger partial charge in [0.2, 0.25) is 6.41 Å². The summed E-state index contributed by atoms with van der Waals surface area (Å²) >= 11 is 0. The summed E-state index contributed by atoms with van der Waals surface area (Å²) in [6.45, 7) is 0.